The van der Waals surface area contributed by atoms with Crippen LogP contribution < -0.4 is 4.90 Å². The average Bonchev–Trinajstić information content (AvgIpc) is 3.58. The van der Waals surface area contributed by atoms with Gasteiger partial charge < -0.3 is 9.32 Å². The van der Waals surface area contributed by atoms with Gasteiger partial charge in [-0.15, -0.1) is 0 Å². The van der Waals surface area contributed by atoms with Gasteiger partial charge in [0.1, 0.15) is 11.2 Å². The van der Waals surface area contributed by atoms with Crippen LogP contribution in [0.1, 0.15) is 0 Å². The van der Waals surface area contributed by atoms with Gasteiger partial charge in [-0.25, -0.2) is 9.97 Å². The fourth-order valence-corrected chi connectivity index (χ4v) is 7.34. The lowest BCUT2D eigenvalue weighted by Crippen LogP contribution is -2.09. The Labute approximate surface area is 300 Å². The van der Waals surface area contributed by atoms with E-state index in [1.165, 1.54) is 16.5 Å². The van der Waals surface area contributed by atoms with Crippen molar-refractivity contribution in [3.8, 4) is 33.8 Å². The maximum absolute atomic E-state index is 6.44. The van der Waals surface area contributed by atoms with Crippen molar-refractivity contribution in [2.24, 2.45) is 0 Å². The molecule has 0 amide bonds. The van der Waals surface area contributed by atoms with Crippen LogP contribution in [0, 0.1) is 0 Å². The summed E-state index contributed by atoms with van der Waals surface area (Å²) in [6.07, 6.45) is 0. The van der Waals surface area contributed by atoms with Crippen molar-refractivity contribution in [2.75, 3.05) is 4.90 Å². The van der Waals surface area contributed by atoms with E-state index in [1.807, 2.05) is 24.3 Å². The second-order valence-electron chi connectivity index (χ2n) is 13.0. The molecule has 10 aromatic rings. The van der Waals surface area contributed by atoms with Gasteiger partial charge in [0.15, 0.2) is 5.82 Å². The third kappa shape index (κ3) is 5.17. The first-order valence-electron chi connectivity index (χ1n) is 17.5. The Morgan fingerprint density at radius 3 is 1.75 bits per heavy atom. The van der Waals surface area contributed by atoms with Gasteiger partial charge in [0.05, 0.1) is 11.2 Å². The molecule has 0 bridgehead atoms. The Morgan fingerprint density at radius 2 is 1.00 bits per heavy atom. The van der Waals surface area contributed by atoms with E-state index in [4.69, 9.17) is 14.4 Å². The predicted molar refractivity (Wildman–Crippen MR) is 215 cm³/mol. The van der Waals surface area contributed by atoms with Crippen LogP contribution in [0.5, 0.6) is 0 Å². The highest BCUT2D eigenvalue weighted by Gasteiger charge is 2.19. The summed E-state index contributed by atoms with van der Waals surface area (Å²) in [5.74, 6) is 0.675. The molecule has 0 unspecified atom stereocenters. The van der Waals surface area contributed by atoms with E-state index in [0.29, 0.717) is 5.82 Å². The Morgan fingerprint density at radius 1 is 0.404 bits per heavy atom. The third-order valence-electron chi connectivity index (χ3n) is 9.85. The van der Waals surface area contributed by atoms with Crippen molar-refractivity contribution in [2.45, 2.75) is 0 Å². The Hall–Kier alpha value is -7.04. The molecule has 8 aromatic carbocycles. The van der Waals surface area contributed by atoms with E-state index in [1.54, 1.807) is 0 Å². The Bertz CT molecular complexity index is 2880. The summed E-state index contributed by atoms with van der Waals surface area (Å²) in [6, 6.07) is 65.5. The molecular formula is C48H31N3O. The quantitative estimate of drug-likeness (QED) is 0.177. The molecule has 0 saturated heterocycles. The van der Waals surface area contributed by atoms with Crippen LogP contribution >= 0.6 is 0 Å². The molecule has 52 heavy (non-hydrogen) atoms. The van der Waals surface area contributed by atoms with E-state index in [0.717, 1.165) is 72.1 Å². The molecular weight excluding hydrogens is 635 g/mol. The normalized spacial score (nSPS) is 11.5. The van der Waals surface area contributed by atoms with Crippen molar-refractivity contribution in [3.63, 3.8) is 0 Å². The number of aromatic nitrogens is 2. The van der Waals surface area contributed by atoms with Gasteiger partial charge in [-0.1, -0.05) is 115 Å². The van der Waals surface area contributed by atoms with E-state index in [9.17, 15) is 0 Å². The lowest BCUT2D eigenvalue weighted by molar-refractivity contribution is 0.669. The van der Waals surface area contributed by atoms with Crippen molar-refractivity contribution < 1.29 is 4.42 Å². The summed E-state index contributed by atoms with van der Waals surface area (Å²) in [5.41, 5.74) is 11.1. The Balaban J connectivity index is 1.08. The van der Waals surface area contributed by atoms with Crippen molar-refractivity contribution in [1.82, 2.24) is 9.97 Å². The highest BCUT2D eigenvalue weighted by atomic mass is 16.3. The van der Waals surface area contributed by atoms with Gasteiger partial charge in [0, 0.05) is 44.3 Å². The molecule has 0 radical (unpaired) electrons. The molecule has 0 aliphatic heterocycles. The SMILES string of the molecule is c1ccc(-c2ccc(N(c3ccccc3)c3ccc(-c4nc(-c5cccc6oc7cc8ccccc8cc7c56)c5ccccc5n4)cc3)cc2)cc1. The third-order valence-corrected chi connectivity index (χ3v) is 9.85. The first kappa shape index (κ1) is 29.8. The second kappa shape index (κ2) is 12.4. The lowest BCUT2D eigenvalue weighted by Gasteiger charge is -2.26. The van der Waals surface area contributed by atoms with Gasteiger partial charge in [-0.3, -0.25) is 0 Å². The van der Waals surface area contributed by atoms with E-state index < -0.39 is 0 Å². The number of hydrogen-bond acceptors (Lipinski definition) is 4. The summed E-state index contributed by atoms with van der Waals surface area (Å²) in [7, 11) is 0. The van der Waals surface area contributed by atoms with E-state index in [-0.39, 0.29) is 0 Å². The van der Waals surface area contributed by atoms with E-state index in [2.05, 4.69) is 169 Å². The molecule has 2 heterocycles. The zero-order chi connectivity index (χ0) is 34.4. The molecule has 2 aromatic heterocycles. The largest absolute Gasteiger partial charge is 0.456 e. The Kier molecular flexibility index (Phi) is 7.10. The summed E-state index contributed by atoms with van der Waals surface area (Å²) in [5, 5.41) is 5.47. The molecule has 0 aliphatic rings. The minimum atomic E-state index is 0.675. The van der Waals surface area contributed by atoms with Crippen LogP contribution in [0.15, 0.2) is 192 Å². The van der Waals surface area contributed by atoms with Crippen LogP contribution in [0.4, 0.5) is 17.1 Å². The molecule has 4 heteroatoms. The van der Waals surface area contributed by atoms with Crippen LogP contribution in [-0.2, 0) is 0 Å². The maximum Gasteiger partial charge on any atom is 0.160 e. The number of para-hydroxylation sites is 2. The molecule has 10 rings (SSSR count). The fraction of sp³-hybridized carbons (Fsp3) is 0. The number of anilines is 3. The fourth-order valence-electron chi connectivity index (χ4n) is 7.34. The molecule has 0 fully saturated rings. The first-order valence-corrected chi connectivity index (χ1v) is 17.5. The summed E-state index contributed by atoms with van der Waals surface area (Å²) >= 11 is 0. The van der Waals surface area contributed by atoms with Crippen molar-refractivity contribution >= 4 is 60.7 Å². The van der Waals surface area contributed by atoms with Crippen molar-refractivity contribution in [1.29, 1.82) is 0 Å². The molecule has 0 atom stereocenters. The summed E-state index contributed by atoms with van der Waals surface area (Å²) in [4.78, 5) is 12.7. The number of furan rings is 1. The maximum atomic E-state index is 6.44. The van der Waals surface area contributed by atoms with Gasteiger partial charge >= 0.3 is 0 Å². The van der Waals surface area contributed by atoms with Crippen LogP contribution in [0.25, 0.3) is 77.4 Å². The number of fused-ring (bicyclic) bond motifs is 5. The van der Waals surface area contributed by atoms with Gasteiger partial charge in [0.2, 0.25) is 0 Å². The molecule has 244 valence electrons. The molecule has 0 aliphatic carbocycles. The van der Waals surface area contributed by atoms with Gasteiger partial charge in [0.25, 0.3) is 0 Å². The number of hydrogen-bond donors (Lipinski definition) is 0. The van der Waals surface area contributed by atoms with Gasteiger partial charge in [-0.2, -0.15) is 0 Å². The molecule has 0 saturated carbocycles. The van der Waals surface area contributed by atoms with E-state index >= 15 is 0 Å². The number of nitrogens with zero attached hydrogens (tertiary/aromatic N) is 3. The molecule has 0 spiro atoms. The highest BCUT2D eigenvalue weighted by Crippen LogP contribution is 2.41. The van der Waals surface area contributed by atoms with Crippen LogP contribution in [0.2, 0.25) is 0 Å². The van der Waals surface area contributed by atoms with Crippen LogP contribution in [0.3, 0.4) is 0 Å². The topological polar surface area (TPSA) is 42.2 Å². The average molecular weight is 666 g/mol. The minimum Gasteiger partial charge on any atom is -0.456 e. The lowest BCUT2D eigenvalue weighted by atomic mass is 9.99. The minimum absolute atomic E-state index is 0.675. The zero-order valence-electron chi connectivity index (χ0n) is 28.1. The molecule has 4 nitrogen and oxygen atoms in total. The van der Waals surface area contributed by atoms with Gasteiger partial charge in [-0.05, 0) is 94.7 Å². The van der Waals surface area contributed by atoms with Crippen molar-refractivity contribution in [3.05, 3.63) is 188 Å². The highest BCUT2D eigenvalue weighted by molar-refractivity contribution is 6.17. The van der Waals surface area contributed by atoms with Crippen LogP contribution in [-0.4, -0.2) is 9.97 Å². The zero-order valence-corrected chi connectivity index (χ0v) is 28.1. The first-order chi connectivity index (χ1) is 25.8. The number of rotatable bonds is 6. The summed E-state index contributed by atoms with van der Waals surface area (Å²) in [6.45, 7) is 0. The predicted octanol–water partition coefficient (Wildman–Crippen LogP) is 13.2. The summed E-state index contributed by atoms with van der Waals surface area (Å²) < 4.78 is 6.44. The smallest absolute Gasteiger partial charge is 0.160 e. The standard InChI is InChI=1S/C48H31N3O/c1-3-12-32(13-4-1)33-22-26-38(27-23-33)51(37-16-5-2-6-17-37)39-28-24-34(25-29-39)48-49-43-20-10-9-18-40(43)47(50-48)41-19-11-21-44-46(41)42-30-35-14-7-8-15-36(35)31-45(42)52-44/h1-31H. The number of benzene rings is 8. The monoisotopic (exact) mass is 665 g/mol. The molecule has 0 N–H and O–H groups in total. The second-order valence-corrected chi connectivity index (χ2v) is 13.0.